The fourth-order valence-corrected chi connectivity index (χ4v) is 2.86. The molecule has 0 radical (unpaired) electrons. The van der Waals surface area contributed by atoms with Crippen LogP contribution in [-0.4, -0.2) is 10.9 Å². The molecular weight excluding hydrogens is 194 g/mol. The summed E-state index contributed by atoms with van der Waals surface area (Å²) in [5.41, 5.74) is 2.75. The van der Waals surface area contributed by atoms with Gasteiger partial charge in [0.05, 0.1) is 0 Å². The fraction of sp³-hybridized carbons (Fsp3) is 0.583. The van der Waals surface area contributed by atoms with Gasteiger partial charge in [0, 0.05) is 23.7 Å². The molecule has 0 aromatic carbocycles. The molecule has 1 saturated carbocycles. The highest BCUT2D eigenvalue weighted by Gasteiger charge is 2.58. The Morgan fingerprint density at radius 2 is 2.14 bits per heavy atom. The number of pyridine rings is 1. The van der Waals surface area contributed by atoms with Crippen LogP contribution in [0.5, 0.6) is 0 Å². The first kappa shape index (κ1) is 9.97. The lowest BCUT2D eigenvalue weighted by Gasteiger charge is -2.02. The molecule has 0 saturated heterocycles. The third kappa shape index (κ3) is 1.44. The van der Waals surface area contributed by atoms with Crippen molar-refractivity contribution >= 4 is 11.6 Å². The van der Waals surface area contributed by atoms with Crippen LogP contribution in [0, 0.1) is 18.3 Å². The standard InChI is InChI=1S/C12H16ClN/c1-8-4-5-10(14-7-8)11-9(6-13)12(11,2)3/h4-5,7,9,11H,6H2,1-3H3. The quantitative estimate of drug-likeness (QED) is 0.681. The lowest BCUT2D eigenvalue weighted by Crippen LogP contribution is -1.93. The number of aryl methyl sites for hydroxylation is 1. The van der Waals surface area contributed by atoms with Crippen LogP contribution in [-0.2, 0) is 0 Å². The van der Waals surface area contributed by atoms with Gasteiger partial charge in [0.25, 0.3) is 0 Å². The number of nitrogens with zero attached hydrogens (tertiary/aromatic N) is 1. The second kappa shape index (κ2) is 3.23. The summed E-state index contributed by atoms with van der Waals surface area (Å²) in [7, 11) is 0. The van der Waals surface area contributed by atoms with Gasteiger partial charge in [-0.25, -0.2) is 0 Å². The van der Waals surface area contributed by atoms with Crippen molar-refractivity contribution in [3.8, 4) is 0 Å². The summed E-state index contributed by atoms with van der Waals surface area (Å²) >= 11 is 5.93. The molecule has 76 valence electrons. The molecule has 0 spiro atoms. The van der Waals surface area contributed by atoms with Crippen molar-refractivity contribution in [2.75, 3.05) is 5.88 Å². The minimum Gasteiger partial charge on any atom is -0.261 e. The van der Waals surface area contributed by atoms with Crippen LogP contribution in [0.4, 0.5) is 0 Å². The van der Waals surface area contributed by atoms with Gasteiger partial charge < -0.3 is 0 Å². The van der Waals surface area contributed by atoms with Crippen molar-refractivity contribution in [2.24, 2.45) is 11.3 Å². The van der Waals surface area contributed by atoms with Crippen LogP contribution in [0.15, 0.2) is 18.3 Å². The van der Waals surface area contributed by atoms with Crippen LogP contribution in [0.25, 0.3) is 0 Å². The Bertz CT molecular complexity index is 329. The van der Waals surface area contributed by atoms with E-state index in [9.17, 15) is 0 Å². The molecule has 14 heavy (non-hydrogen) atoms. The molecule has 2 atom stereocenters. The van der Waals surface area contributed by atoms with E-state index in [1.54, 1.807) is 0 Å². The van der Waals surface area contributed by atoms with E-state index in [2.05, 4.69) is 37.9 Å². The van der Waals surface area contributed by atoms with Gasteiger partial charge in [-0.15, -0.1) is 11.6 Å². The molecule has 0 amide bonds. The van der Waals surface area contributed by atoms with Gasteiger partial charge in [-0.2, -0.15) is 0 Å². The minimum absolute atomic E-state index is 0.337. The van der Waals surface area contributed by atoms with Gasteiger partial charge >= 0.3 is 0 Å². The Labute approximate surface area is 90.5 Å². The molecule has 1 aliphatic rings. The molecule has 1 fully saturated rings. The van der Waals surface area contributed by atoms with E-state index in [1.807, 2.05) is 6.20 Å². The predicted octanol–water partition coefficient (Wildman–Crippen LogP) is 3.37. The Balaban J connectivity index is 2.22. The summed E-state index contributed by atoms with van der Waals surface area (Å²) in [5.74, 6) is 1.90. The van der Waals surface area contributed by atoms with Gasteiger partial charge in [-0.3, -0.25) is 4.98 Å². The lowest BCUT2D eigenvalue weighted by atomic mass is 10.1. The summed E-state index contributed by atoms with van der Waals surface area (Å²) in [5, 5.41) is 0. The number of rotatable bonds is 2. The van der Waals surface area contributed by atoms with E-state index in [0.29, 0.717) is 17.3 Å². The zero-order valence-electron chi connectivity index (χ0n) is 8.92. The van der Waals surface area contributed by atoms with E-state index < -0.39 is 0 Å². The maximum atomic E-state index is 5.93. The molecule has 1 aliphatic carbocycles. The lowest BCUT2D eigenvalue weighted by molar-refractivity contribution is 0.575. The van der Waals surface area contributed by atoms with Crippen molar-refractivity contribution in [3.63, 3.8) is 0 Å². The Morgan fingerprint density at radius 3 is 2.57 bits per heavy atom. The van der Waals surface area contributed by atoms with E-state index in [4.69, 9.17) is 11.6 Å². The van der Waals surface area contributed by atoms with Crippen molar-refractivity contribution < 1.29 is 0 Å². The van der Waals surface area contributed by atoms with Gasteiger partial charge in [0.1, 0.15) is 0 Å². The second-order valence-electron chi connectivity index (χ2n) is 4.82. The zero-order chi connectivity index (χ0) is 10.3. The van der Waals surface area contributed by atoms with Gasteiger partial charge in [0.15, 0.2) is 0 Å². The maximum absolute atomic E-state index is 5.93. The first-order chi connectivity index (χ1) is 6.57. The normalized spacial score (nSPS) is 28.9. The highest BCUT2D eigenvalue weighted by atomic mass is 35.5. The summed E-state index contributed by atoms with van der Waals surface area (Å²) < 4.78 is 0. The molecule has 2 heteroatoms. The number of hydrogen-bond acceptors (Lipinski definition) is 1. The number of alkyl halides is 1. The van der Waals surface area contributed by atoms with Crippen molar-refractivity contribution in [2.45, 2.75) is 26.7 Å². The van der Waals surface area contributed by atoms with Crippen LogP contribution >= 0.6 is 11.6 Å². The van der Waals surface area contributed by atoms with E-state index in [1.165, 1.54) is 11.3 Å². The van der Waals surface area contributed by atoms with Crippen molar-refractivity contribution in [1.29, 1.82) is 0 Å². The molecule has 1 aromatic heterocycles. The SMILES string of the molecule is Cc1ccc(C2C(CCl)C2(C)C)nc1. The zero-order valence-corrected chi connectivity index (χ0v) is 9.67. The number of halogens is 1. The summed E-state index contributed by atoms with van der Waals surface area (Å²) in [6.07, 6.45) is 1.94. The molecular formula is C12H16ClN. The van der Waals surface area contributed by atoms with E-state index >= 15 is 0 Å². The highest BCUT2D eigenvalue weighted by Crippen LogP contribution is 2.64. The summed E-state index contributed by atoms with van der Waals surface area (Å²) in [6, 6.07) is 4.26. The van der Waals surface area contributed by atoms with Crippen LogP contribution in [0.1, 0.15) is 31.0 Å². The third-order valence-electron chi connectivity index (χ3n) is 3.47. The average Bonchev–Trinajstić information content (AvgIpc) is 2.69. The maximum Gasteiger partial charge on any atom is 0.0443 e. The fourth-order valence-electron chi connectivity index (χ4n) is 2.28. The van der Waals surface area contributed by atoms with Crippen LogP contribution in [0.3, 0.4) is 0 Å². The Hall–Kier alpha value is -0.560. The molecule has 1 nitrogen and oxygen atoms in total. The Morgan fingerprint density at radius 1 is 1.43 bits per heavy atom. The van der Waals surface area contributed by atoms with Crippen molar-refractivity contribution in [1.82, 2.24) is 4.98 Å². The van der Waals surface area contributed by atoms with Crippen LogP contribution in [0.2, 0.25) is 0 Å². The van der Waals surface area contributed by atoms with Gasteiger partial charge in [-0.05, 0) is 29.9 Å². The van der Waals surface area contributed by atoms with Gasteiger partial charge in [0.2, 0.25) is 0 Å². The number of aromatic nitrogens is 1. The smallest absolute Gasteiger partial charge is 0.0443 e. The highest BCUT2D eigenvalue weighted by molar-refractivity contribution is 6.18. The molecule has 0 bridgehead atoms. The Kier molecular flexibility index (Phi) is 2.30. The van der Waals surface area contributed by atoms with E-state index in [-0.39, 0.29) is 0 Å². The minimum atomic E-state index is 0.337. The van der Waals surface area contributed by atoms with Crippen LogP contribution < -0.4 is 0 Å². The first-order valence-corrected chi connectivity index (χ1v) is 5.59. The first-order valence-electron chi connectivity index (χ1n) is 5.06. The summed E-state index contributed by atoms with van der Waals surface area (Å²) in [4.78, 5) is 4.48. The topological polar surface area (TPSA) is 12.9 Å². The van der Waals surface area contributed by atoms with Gasteiger partial charge in [-0.1, -0.05) is 19.9 Å². The monoisotopic (exact) mass is 209 g/mol. The average molecular weight is 210 g/mol. The molecule has 2 rings (SSSR count). The molecule has 1 heterocycles. The molecule has 2 unspecified atom stereocenters. The molecule has 0 N–H and O–H groups in total. The molecule has 1 aromatic rings. The summed E-state index contributed by atoms with van der Waals surface area (Å²) in [6.45, 7) is 6.60. The van der Waals surface area contributed by atoms with Crippen molar-refractivity contribution in [3.05, 3.63) is 29.6 Å². The second-order valence-corrected chi connectivity index (χ2v) is 5.13. The third-order valence-corrected chi connectivity index (χ3v) is 3.80. The largest absolute Gasteiger partial charge is 0.261 e. The predicted molar refractivity (Wildman–Crippen MR) is 59.7 cm³/mol. The van der Waals surface area contributed by atoms with E-state index in [0.717, 1.165) is 5.88 Å². The molecule has 0 aliphatic heterocycles. The number of hydrogen-bond donors (Lipinski definition) is 0.